The molecule has 0 bridgehead atoms. The van der Waals surface area contributed by atoms with Crippen LogP contribution >= 0.6 is 0 Å². The Bertz CT molecular complexity index is 503. The van der Waals surface area contributed by atoms with Crippen LogP contribution in [0.2, 0.25) is 0 Å². The van der Waals surface area contributed by atoms with E-state index in [1.165, 1.54) is 0 Å². The first kappa shape index (κ1) is 19.0. The van der Waals surface area contributed by atoms with E-state index >= 15 is 0 Å². The summed E-state index contributed by atoms with van der Waals surface area (Å²) in [5, 5.41) is 15.3. The van der Waals surface area contributed by atoms with Crippen molar-refractivity contribution < 1.29 is 4.74 Å². The summed E-state index contributed by atoms with van der Waals surface area (Å²) in [6.07, 6.45) is 0.952. The molecule has 5 nitrogen and oxygen atoms in total. The molecule has 0 aliphatic heterocycles. The van der Waals surface area contributed by atoms with Gasteiger partial charge in [0.25, 0.3) is 0 Å². The van der Waals surface area contributed by atoms with Crippen molar-refractivity contribution >= 4 is 5.96 Å². The molecule has 1 aromatic carbocycles. The third-order valence-corrected chi connectivity index (χ3v) is 3.06. The molecule has 0 radical (unpaired) electrons. The lowest BCUT2D eigenvalue weighted by Gasteiger charge is -2.12. The summed E-state index contributed by atoms with van der Waals surface area (Å²) in [5.41, 5.74) is 1.76. The van der Waals surface area contributed by atoms with E-state index in [4.69, 9.17) is 10.00 Å². The molecule has 0 atom stereocenters. The van der Waals surface area contributed by atoms with Gasteiger partial charge in [-0.05, 0) is 37.0 Å². The van der Waals surface area contributed by atoms with E-state index < -0.39 is 0 Å². The van der Waals surface area contributed by atoms with Crippen molar-refractivity contribution in [2.24, 2.45) is 10.9 Å². The van der Waals surface area contributed by atoms with E-state index in [1.54, 1.807) is 0 Å². The Morgan fingerprint density at radius 3 is 2.61 bits per heavy atom. The number of rotatable bonds is 9. The van der Waals surface area contributed by atoms with Crippen LogP contribution in [0.1, 0.15) is 38.3 Å². The van der Waals surface area contributed by atoms with Gasteiger partial charge in [0.15, 0.2) is 5.96 Å². The normalized spacial score (nSPS) is 11.3. The second-order valence-corrected chi connectivity index (χ2v) is 5.75. The van der Waals surface area contributed by atoms with E-state index in [2.05, 4.69) is 35.5 Å². The molecule has 0 fully saturated rings. The van der Waals surface area contributed by atoms with E-state index in [-0.39, 0.29) is 0 Å². The third-order valence-electron chi connectivity index (χ3n) is 3.06. The molecular weight excluding hydrogens is 288 g/mol. The molecule has 0 unspecified atom stereocenters. The lowest BCUT2D eigenvalue weighted by atomic mass is 10.1. The molecule has 0 saturated heterocycles. The van der Waals surface area contributed by atoms with Crippen LogP contribution in [0.4, 0.5) is 0 Å². The van der Waals surface area contributed by atoms with Gasteiger partial charge in [-0.25, -0.2) is 4.99 Å². The molecule has 0 spiro atoms. The third kappa shape index (κ3) is 8.84. The summed E-state index contributed by atoms with van der Waals surface area (Å²) in [7, 11) is 0. The minimum absolute atomic E-state index is 0.578. The van der Waals surface area contributed by atoms with Crippen LogP contribution in [0.15, 0.2) is 29.3 Å². The topological polar surface area (TPSA) is 69.4 Å². The van der Waals surface area contributed by atoms with Gasteiger partial charge in [-0.3, -0.25) is 0 Å². The van der Waals surface area contributed by atoms with Crippen LogP contribution in [0.5, 0.6) is 0 Å². The molecule has 23 heavy (non-hydrogen) atoms. The Kier molecular flexibility index (Phi) is 9.49. The van der Waals surface area contributed by atoms with Gasteiger partial charge in [-0.15, -0.1) is 0 Å². The Morgan fingerprint density at radius 2 is 2.00 bits per heavy atom. The molecule has 0 aliphatic carbocycles. The number of guanidine groups is 1. The summed E-state index contributed by atoms with van der Waals surface area (Å²) in [4.78, 5) is 4.56. The van der Waals surface area contributed by atoms with Crippen molar-refractivity contribution in [1.82, 2.24) is 10.6 Å². The number of nitriles is 1. The summed E-state index contributed by atoms with van der Waals surface area (Å²) in [6, 6.07) is 9.62. The molecule has 2 N–H and O–H groups in total. The minimum atomic E-state index is 0.578. The van der Waals surface area contributed by atoms with E-state index in [1.807, 2.05) is 31.2 Å². The first-order valence-corrected chi connectivity index (χ1v) is 8.24. The van der Waals surface area contributed by atoms with Crippen LogP contribution in [0.3, 0.4) is 0 Å². The number of nitrogens with one attached hydrogen (secondary N) is 2. The van der Waals surface area contributed by atoms with Gasteiger partial charge in [0.1, 0.15) is 0 Å². The van der Waals surface area contributed by atoms with Gasteiger partial charge in [0.05, 0.1) is 18.2 Å². The quantitative estimate of drug-likeness (QED) is 0.417. The van der Waals surface area contributed by atoms with Crippen LogP contribution in [-0.2, 0) is 11.3 Å². The standard InChI is InChI=1S/C18H28N4O/c1-4-20-18(21-10-5-11-23-14-15(2)3)22-13-17-8-6-16(12-19)7-9-17/h6-9,15H,4-5,10-11,13-14H2,1-3H3,(H2,20,21,22). The van der Waals surface area contributed by atoms with Crippen molar-refractivity contribution in [1.29, 1.82) is 5.26 Å². The van der Waals surface area contributed by atoms with Gasteiger partial charge in [0, 0.05) is 26.3 Å². The van der Waals surface area contributed by atoms with Crippen LogP contribution in [0, 0.1) is 17.2 Å². The van der Waals surface area contributed by atoms with Gasteiger partial charge < -0.3 is 15.4 Å². The zero-order chi connectivity index (χ0) is 16.9. The lowest BCUT2D eigenvalue weighted by molar-refractivity contribution is 0.108. The van der Waals surface area contributed by atoms with E-state index in [0.717, 1.165) is 44.2 Å². The summed E-state index contributed by atoms with van der Waals surface area (Å²) < 4.78 is 5.56. The fourth-order valence-electron chi connectivity index (χ4n) is 1.90. The number of ether oxygens (including phenoxy) is 1. The molecule has 0 aromatic heterocycles. The lowest BCUT2D eigenvalue weighted by Crippen LogP contribution is -2.38. The molecule has 126 valence electrons. The Morgan fingerprint density at radius 1 is 1.26 bits per heavy atom. The number of hydrogen-bond acceptors (Lipinski definition) is 3. The van der Waals surface area contributed by atoms with Gasteiger partial charge >= 0.3 is 0 Å². The number of nitrogens with zero attached hydrogens (tertiary/aromatic N) is 2. The summed E-state index contributed by atoms with van der Waals surface area (Å²) in [5.74, 6) is 1.38. The second-order valence-electron chi connectivity index (χ2n) is 5.75. The molecule has 0 aliphatic rings. The van der Waals surface area contributed by atoms with Crippen molar-refractivity contribution in [3.05, 3.63) is 35.4 Å². The van der Waals surface area contributed by atoms with Gasteiger partial charge in [-0.1, -0.05) is 26.0 Å². The SMILES string of the molecule is CCNC(=NCc1ccc(C#N)cc1)NCCCOCC(C)C. The van der Waals surface area contributed by atoms with Crippen molar-refractivity contribution in [3.8, 4) is 6.07 Å². The highest BCUT2D eigenvalue weighted by molar-refractivity contribution is 5.79. The fraction of sp³-hybridized carbons (Fsp3) is 0.556. The Labute approximate surface area is 139 Å². The Hall–Kier alpha value is -2.06. The molecular formula is C18H28N4O. The average Bonchev–Trinajstić information content (AvgIpc) is 2.55. The molecule has 0 saturated carbocycles. The number of aliphatic imine (C=N–C) groups is 1. The maximum atomic E-state index is 8.80. The first-order valence-electron chi connectivity index (χ1n) is 8.24. The molecule has 0 amide bonds. The van der Waals surface area contributed by atoms with Gasteiger partial charge in [0.2, 0.25) is 0 Å². The van der Waals surface area contributed by atoms with E-state index in [9.17, 15) is 0 Å². The summed E-state index contributed by atoms with van der Waals surface area (Å²) >= 11 is 0. The molecule has 1 aromatic rings. The predicted molar refractivity (Wildman–Crippen MR) is 94.2 cm³/mol. The second kappa shape index (κ2) is 11.5. The zero-order valence-corrected chi connectivity index (χ0v) is 14.4. The van der Waals surface area contributed by atoms with E-state index in [0.29, 0.717) is 18.0 Å². The summed E-state index contributed by atoms with van der Waals surface area (Å²) in [6.45, 7) is 10.2. The largest absolute Gasteiger partial charge is 0.381 e. The fourth-order valence-corrected chi connectivity index (χ4v) is 1.90. The van der Waals surface area contributed by atoms with Crippen molar-refractivity contribution in [2.75, 3.05) is 26.3 Å². The minimum Gasteiger partial charge on any atom is -0.381 e. The monoisotopic (exact) mass is 316 g/mol. The van der Waals surface area contributed by atoms with Crippen LogP contribution in [-0.4, -0.2) is 32.3 Å². The number of benzene rings is 1. The number of hydrogen-bond donors (Lipinski definition) is 2. The maximum absolute atomic E-state index is 8.80. The smallest absolute Gasteiger partial charge is 0.191 e. The highest BCUT2D eigenvalue weighted by atomic mass is 16.5. The van der Waals surface area contributed by atoms with Gasteiger partial charge in [-0.2, -0.15) is 5.26 Å². The zero-order valence-electron chi connectivity index (χ0n) is 14.4. The maximum Gasteiger partial charge on any atom is 0.191 e. The van der Waals surface area contributed by atoms with Crippen molar-refractivity contribution in [2.45, 2.75) is 33.7 Å². The molecule has 5 heteroatoms. The van der Waals surface area contributed by atoms with Crippen LogP contribution in [0.25, 0.3) is 0 Å². The van der Waals surface area contributed by atoms with Crippen molar-refractivity contribution in [3.63, 3.8) is 0 Å². The highest BCUT2D eigenvalue weighted by Gasteiger charge is 1.99. The first-order chi connectivity index (χ1) is 11.2. The molecule has 0 heterocycles. The van der Waals surface area contributed by atoms with Crippen LogP contribution < -0.4 is 10.6 Å². The highest BCUT2D eigenvalue weighted by Crippen LogP contribution is 2.04. The molecule has 1 rings (SSSR count). The Balaban J connectivity index is 2.36. The predicted octanol–water partition coefficient (Wildman–Crippen LogP) is 2.68. The average molecular weight is 316 g/mol.